The lowest BCUT2D eigenvalue weighted by Crippen LogP contribution is -2.34. The van der Waals surface area contributed by atoms with Gasteiger partial charge in [-0.25, -0.2) is 4.79 Å². The summed E-state index contributed by atoms with van der Waals surface area (Å²) in [5.74, 6) is 1.27. The maximum absolute atomic E-state index is 11.7. The third kappa shape index (κ3) is 3.94. The van der Waals surface area contributed by atoms with Crippen LogP contribution in [0.5, 0.6) is 11.5 Å². The number of methoxy groups -OCH3 is 2. The third-order valence-electron chi connectivity index (χ3n) is 4.51. The van der Waals surface area contributed by atoms with Crippen molar-refractivity contribution in [2.45, 2.75) is 26.1 Å². The first kappa shape index (κ1) is 17.3. The molecule has 0 saturated carbocycles. The number of carbonyl (C=O) groups is 1. The molecule has 0 aliphatic carbocycles. The largest absolute Gasteiger partial charge is 0.497 e. The maximum atomic E-state index is 11.7. The summed E-state index contributed by atoms with van der Waals surface area (Å²) < 4.78 is 15.9. The first-order chi connectivity index (χ1) is 12.1. The Kier molecular flexibility index (Phi) is 5.24. The fourth-order valence-corrected chi connectivity index (χ4v) is 2.93. The molecule has 1 aliphatic heterocycles. The van der Waals surface area contributed by atoms with Crippen molar-refractivity contribution in [3.8, 4) is 11.5 Å². The van der Waals surface area contributed by atoms with Crippen LogP contribution in [0.15, 0.2) is 42.5 Å². The molecule has 1 heterocycles. The van der Waals surface area contributed by atoms with Gasteiger partial charge in [0.05, 0.1) is 19.8 Å². The maximum Gasteiger partial charge on any atom is 0.337 e. The topological polar surface area (TPSA) is 48.0 Å². The Morgan fingerprint density at radius 2 is 1.96 bits per heavy atom. The van der Waals surface area contributed by atoms with Crippen molar-refractivity contribution in [3.05, 3.63) is 59.2 Å². The Morgan fingerprint density at radius 1 is 1.20 bits per heavy atom. The summed E-state index contributed by atoms with van der Waals surface area (Å²) in [6.07, 6.45) is 0. The number of hydrogen-bond donors (Lipinski definition) is 0. The van der Waals surface area contributed by atoms with E-state index in [9.17, 15) is 4.79 Å². The smallest absolute Gasteiger partial charge is 0.337 e. The molecular formula is C20H23NO4. The predicted octanol–water partition coefficient (Wildman–Crippen LogP) is 3.26. The molecule has 0 N–H and O–H groups in total. The van der Waals surface area contributed by atoms with E-state index in [4.69, 9.17) is 14.2 Å². The summed E-state index contributed by atoms with van der Waals surface area (Å²) in [6.45, 7) is 4.32. The molecular weight excluding hydrogens is 318 g/mol. The van der Waals surface area contributed by atoms with Gasteiger partial charge >= 0.3 is 5.97 Å². The molecule has 0 unspecified atom stereocenters. The van der Waals surface area contributed by atoms with Crippen molar-refractivity contribution >= 4 is 5.97 Å². The highest BCUT2D eigenvalue weighted by atomic mass is 16.5. The van der Waals surface area contributed by atoms with Crippen molar-refractivity contribution < 1.29 is 19.0 Å². The van der Waals surface area contributed by atoms with E-state index in [1.807, 2.05) is 18.2 Å². The number of fused-ring (bicyclic) bond motifs is 1. The number of nitrogens with zero attached hydrogens (tertiary/aromatic N) is 1. The van der Waals surface area contributed by atoms with Crippen molar-refractivity contribution in [1.29, 1.82) is 0 Å². The first-order valence-electron chi connectivity index (χ1n) is 8.31. The highest BCUT2D eigenvalue weighted by Gasteiger charge is 2.22. The molecule has 2 aromatic rings. The summed E-state index contributed by atoms with van der Waals surface area (Å²) in [6, 6.07) is 13.9. The Labute approximate surface area is 148 Å². The van der Waals surface area contributed by atoms with Gasteiger partial charge in [0, 0.05) is 24.7 Å². The van der Waals surface area contributed by atoms with Gasteiger partial charge in [-0.2, -0.15) is 0 Å². The van der Waals surface area contributed by atoms with E-state index in [1.54, 1.807) is 19.2 Å². The molecule has 132 valence electrons. The number of benzene rings is 2. The molecule has 3 rings (SSSR count). The van der Waals surface area contributed by atoms with Crippen molar-refractivity contribution in [2.75, 3.05) is 20.8 Å². The van der Waals surface area contributed by atoms with Crippen LogP contribution in [0, 0.1) is 0 Å². The second-order valence-electron chi connectivity index (χ2n) is 6.23. The van der Waals surface area contributed by atoms with E-state index in [-0.39, 0.29) is 12.0 Å². The molecule has 1 atom stereocenters. The molecule has 1 aliphatic rings. The average molecular weight is 341 g/mol. The average Bonchev–Trinajstić information content (AvgIpc) is 2.80. The second-order valence-corrected chi connectivity index (χ2v) is 6.23. The van der Waals surface area contributed by atoms with Crippen LogP contribution in [0.4, 0.5) is 0 Å². The molecule has 0 radical (unpaired) electrons. The van der Waals surface area contributed by atoms with Crippen LogP contribution < -0.4 is 9.47 Å². The lowest BCUT2D eigenvalue weighted by Gasteiger charge is -2.26. The minimum absolute atomic E-state index is 0.260. The number of hydrogen-bond acceptors (Lipinski definition) is 5. The minimum atomic E-state index is -0.348. The van der Waals surface area contributed by atoms with Crippen LogP contribution >= 0.6 is 0 Å². The Balaban J connectivity index is 1.78. The number of rotatable bonds is 4. The highest BCUT2D eigenvalue weighted by molar-refractivity contribution is 5.89. The standard InChI is InChI=1S/C20H23NO4/c1-14-13-25-19-10-16(20(22)24-3)6-7-17(19)12-21(14)11-15-4-8-18(23-2)9-5-15/h4-10,14H,11-13H2,1-3H3/t14-/m0/s1. The lowest BCUT2D eigenvalue weighted by molar-refractivity contribution is 0.0600. The van der Waals surface area contributed by atoms with E-state index in [0.29, 0.717) is 12.2 Å². The van der Waals surface area contributed by atoms with Gasteiger partial charge < -0.3 is 14.2 Å². The van der Waals surface area contributed by atoms with Gasteiger partial charge in [0.2, 0.25) is 0 Å². The van der Waals surface area contributed by atoms with E-state index >= 15 is 0 Å². The first-order valence-corrected chi connectivity index (χ1v) is 8.31. The van der Waals surface area contributed by atoms with Crippen molar-refractivity contribution in [2.24, 2.45) is 0 Å². The summed E-state index contributed by atoms with van der Waals surface area (Å²) in [7, 11) is 3.05. The van der Waals surface area contributed by atoms with Gasteiger partial charge in [-0.15, -0.1) is 0 Å². The van der Waals surface area contributed by atoms with Crippen molar-refractivity contribution in [1.82, 2.24) is 4.90 Å². The highest BCUT2D eigenvalue weighted by Crippen LogP contribution is 2.28. The molecule has 0 amide bonds. The monoisotopic (exact) mass is 341 g/mol. The fraction of sp³-hybridized carbons (Fsp3) is 0.350. The predicted molar refractivity (Wildman–Crippen MR) is 95.0 cm³/mol. The van der Waals surface area contributed by atoms with Crippen molar-refractivity contribution in [3.63, 3.8) is 0 Å². The van der Waals surface area contributed by atoms with Crippen LogP contribution in [0.2, 0.25) is 0 Å². The second kappa shape index (κ2) is 7.57. The Morgan fingerprint density at radius 3 is 2.64 bits per heavy atom. The van der Waals surface area contributed by atoms with Gasteiger partial charge in [0.1, 0.15) is 18.1 Å². The molecule has 25 heavy (non-hydrogen) atoms. The molecule has 2 aromatic carbocycles. The number of esters is 1. The third-order valence-corrected chi connectivity index (χ3v) is 4.51. The normalized spacial score (nSPS) is 17.2. The fourth-order valence-electron chi connectivity index (χ4n) is 2.93. The van der Waals surface area contributed by atoms with E-state index in [1.165, 1.54) is 12.7 Å². The Bertz CT molecular complexity index is 742. The minimum Gasteiger partial charge on any atom is -0.497 e. The quantitative estimate of drug-likeness (QED) is 0.799. The zero-order chi connectivity index (χ0) is 17.8. The molecule has 5 heteroatoms. The lowest BCUT2D eigenvalue weighted by atomic mass is 10.1. The zero-order valence-corrected chi connectivity index (χ0v) is 14.8. The van der Waals surface area contributed by atoms with Crippen LogP contribution in [-0.2, 0) is 17.8 Å². The van der Waals surface area contributed by atoms with Crippen LogP contribution in [0.25, 0.3) is 0 Å². The summed E-state index contributed by atoms with van der Waals surface area (Å²) in [5.41, 5.74) is 2.81. The van der Waals surface area contributed by atoms with Gasteiger partial charge in [-0.1, -0.05) is 18.2 Å². The van der Waals surface area contributed by atoms with E-state index in [0.717, 1.165) is 30.2 Å². The van der Waals surface area contributed by atoms with E-state index < -0.39 is 0 Å². The number of carbonyl (C=O) groups excluding carboxylic acids is 1. The SMILES string of the molecule is COC(=O)c1ccc2c(c1)OC[C@H](C)N(Cc1ccc(OC)cc1)C2. The molecule has 0 aromatic heterocycles. The van der Waals surface area contributed by atoms with Gasteiger partial charge in [0.15, 0.2) is 0 Å². The summed E-state index contributed by atoms with van der Waals surface area (Å²) >= 11 is 0. The van der Waals surface area contributed by atoms with Crippen LogP contribution in [-0.4, -0.2) is 37.7 Å². The molecule has 0 spiro atoms. The molecule has 0 bridgehead atoms. The van der Waals surface area contributed by atoms with Gasteiger partial charge in [-0.05, 0) is 36.8 Å². The van der Waals surface area contributed by atoms with Crippen LogP contribution in [0.1, 0.15) is 28.4 Å². The van der Waals surface area contributed by atoms with E-state index in [2.05, 4.69) is 24.0 Å². The van der Waals surface area contributed by atoms with Crippen LogP contribution in [0.3, 0.4) is 0 Å². The molecule has 5 nitrogen and oxygen atoms in total. The molecule has 0 fully saturated rings. The molecule has 0 saturated heterocycles. The summed E-state index contributed by atoms with van der Waals surface area (Å²) in [4.78, 5) is 14.1. The number of ether oxygens (including phenoxy) is 3. The Hall–Kier alpha value is -2.53. The van der Waals surface area contributed by atoms with Gasteiger partial charge in [0.25, 0.3) is 0 Å². The van der Waals surface area contributed by atoms with Gasteiger partial charge in [-0.3, -0.25) is 4.90 Å². The summed E-state index contributed by atoms with van der Waals surface area (Å²) in [5, 5.41) is 0. The zero-order valence-electron chi connectivity index (χ0n) is 14.8.